The van der Waals surface area contributed by atoms with E-state index in [1.54, 1.807) is 49.6 Å². The van der Waals surface area contributed by atoms with E-state index in [1.165, 1.54) is 14.0 Å². The highest BCUT2D eigenvalue weighted by atomic mass is 35.5. The molecule has 156 valence electrons. The van der Waals surface area contributed by atoms with Crippen LogP contribution in [-0.2, 0) is 14.3 Å². The van der Waals surface area contributed by atoms with Gasteiger partial charge in [-0.25, -0.2) is 0 Å². The van der Waals surface area contributed by atoms with Crippen molar-refractivity contribution in [2.24, 2.45) is 0 Å². The van der Waals surface area contributed by atoms with Crippen LogP contribution in [-0.4, -0.2) is 38.8 Å². The average molecular weight is 422 g/mol. The van der Waals surface area contributed by atoms with E-state index >= 15 is 0 Å². The summed E-state index contributed by atoms with van der Waals surface area (Å²) in [6.07, 6.45) is -0.371. The third-order valence-corrected chi connectivity index (χ3v) is 4.19. The van der Waals surface area contributed by atoms with Gasteiger partial charge in [0, 0.05) is 11.4 Å². The number of nitrogens with one attached hydrogen (secondary N) is 1. The Balaban J connectivity index is 1.73. The molecule has 0 aliphatic rings. The standard InChI is InChI=1S/C21H24ClNO6/c1-14(21(25)23-18-13-15(22)6-11-19(18)27-3)29-20(24)5-4-12-28-17-9-7-16(26-2)8-10-17/h6-11,13-14H,4-5,12H2,1-3H3,(H,23,25)/t14-/m1/s1. The summed E-state index contributed by atoms with van der Waals surface area (Å²) in [5, 5.41) is 3.09. The van der Waals surface area contributed by atoms with Crippen molar-refractivity contribution < 1.29 is 28.5 Å². The topological polar surface area (TPSA) is 83.1 Å². The Labute approximate surface area is 174 Å². The van der Waals surface area contributed by atoms with Crippen LogP contribution in [0.15, 0.2) is 42.5 Å². The molecule has 0 aliphatic heterocycles. The molecule has 0 aromatic heterocycles. The van der Waals surface area contributed by atoms with E-state index in [2.05, 4.69) is 5.32 Å². The summed E-state index contributed by atoms with van der Waals surface area (Å²) in [4.78, 5) is 24.2. The Morgan fingerprint density at radius 1 is 1.03 bits per heavy atom. The molecule has 0 heterocycles. The zero-order valence-corrected chi connectivity index (χ0v) is 17.3. The van der Waals surface area contributed by atoms with Crippen LogP contribution in [0.3, 0.4) is 0 Å². The minimum Gasteiger partial charge on any atom is -0.497 e. The van der Waals surface area contributed by atoms with Gasteiger partial charge in [-0.1, -0.05) is 11.6 Å². The highest BCUT2D eigenvalue weighted by Gasteiger charge is 2.19. The predicted octanol–water partition coefficient (Wildman–Crippen LogP) is 4.09. The summed E-state index contributed by atoms with van der Waals surface area (Å²) in [6, 6.07) is 12.0. The number of rotatable bonds is 10. The molecule has 7 nitrogen and oxygen atoms in total. The van der Waals surface area contributed by atoms with Crippen molar-refractivity contribution in [1.29, 1.82) is 0 Å². The second kappa shape index (κ2) is 11.2. The van der Waals surface area contributed by atoms with E-state index < -0.39 is 18.0 Å². The van der Waals surface area contributed by atoms with Gasteiger partial charge in [0.05, 0.1) is 26.5 Å². The Bertz CT molecular complexity index is 824. The quantitative estimate of drug-likeness (QED) is 0.459. The largest absolute Gasteiger partial charge is 0.497 e. The number of ether oxygens (including phenoxy) is 4. The van der Waals surface area contributed by atoms with Gasteiger partial charge in [-0.05, 0) is 55.8 Å². The number of carbonyl (C=O) groups excluding carboxylic acids is 2. The highest BCUT2D eigenvalue weighted by molar-refractivity contribution is 6.31. The zero-order chi connectivity index (χ0) is 21.2. The SMILES string of the molecule is COc1ccc(OCCCC(=O)O[C@H](C)C(=O)Nc2cc(Cl)ccc2OC)cc1. The third kappa shape index (κ3) is 7.19. The van der Waals surface area contributed by atoms with E-state index in [1.807, 2.05) is 0 Å². The first-order valence-corrected chi connectivity index (χ1v) is 9.41. The molecule has 1 amide bonds. The van der Waals surface area contributed by atoms with Crippen LogP contribution in [0.2, 0.25) is 5.02 Å². The average Bonchev–Trinajstić information content (AvgIpc) is 2.71. The fourth-order valence-electron chi connectivity index (χ4n) is 2.40. The lowest BCUT2D eigenvalue weighted by molar-refractivity contribution is -0.153. The van der Waals surface area contributed by atoms with E-state index in [9.17, 15) is 9.59 Å². The predicted molar refractivity (Wildman–Crippen MR) is 110 cm³/mol. The molecule has 2 aromatic carbocycles. The number of amides is 1. The monoisotopic (exact) mass is 421 g/mol. The molecule has 2 aromatic rings. The van der Waals surface area contributed by atoms with Crippen molar-refractivity contribution in [2.75, 3.05) is 26.1 Å². The van der Waals surface area contributed by atoms with Crippen molar-refractivity contribution in [1.82, 2.24) is 0 Å². The first-order valence-electron chi connectivity index (χ1n) is 9.03. The molecule has 0 saturated heterocycles. The van der Waals surface area contributed by atoms with Crippen LogP contribution in [0.4, 0.5) is 5.69 Å². The molecule has 8 heteroatoms. The van der Waals surface area contributed by atoms with Gasteiger partial charge in [-0.15, -0.1) is 0 Å². The third-order valence-electron chi connectivity index (χ3n) is 3.95. The molecule has 0 aliphatic carbocycles. The van der Waals surface area contributed by atoms with Crippen LogP contribution < -0.4 is 19.5 Å². The summed E-state index contributed by atoms with van der Waals surface area (Å²) in [5.74, 6) is 0.917. The van der Waals surface area contributed by atoms with Crippen molar-refractivity contribution in [3.8, 4) is 17.2 Å². The first-order chi connectivity index (χ1) is 13.9. The molecule has 0 radical (unpaired) electrons. The summed E-state index contributed by atoms with van der Waals surface area (Å²) in [7, 11) is 3.07. The van der Waals surface area contributed by atoms with E-state index in [4.69, 9.17) is 30.5 Å². The van der Waals surface area contributed by atoms with E-state index in [-0.39, 0.29) is 6.42 Å². The number of carbonyl (C=O) groups is 2. The Hall–Kier alpha value is -2.93. The normalized spacial score (nSPS) is 11.3. The van der Waals surface area contributed by atoms with Gasteiger partial charge in [0.1, 0.15) is 17.2 Å². The van der Waals surface area contributed by atoms with Crippen LogP contribution >= 0.6 is 11.6 Å². The summed E-state index contributed by atoms with van der Waals surface area (Å²) in [5.41, 5.74) is 0.404. The zero-order valence-electron chi connectivity index (χ0n) is 16.6. The maximum Gasteiger partial charge on any atom is 0.306 e. The molecular formula is C21H24ClNO6. The second-order valence-corrected chi connectivity index (χ2v) is 6.53. The molecule has 0 unspecified atom stereocenters. The lowest BCUT2D eigenvalue weighted by Crippen LogP contribution is -2.30. The van der Waals surface area contributed by atoms with Gasteiger partial charge in [0.2, 0.25) is 0 Å². The van der Waals surface area contributed by atoms with Gasteiger partial charge < -0.3 is 24.3 Å². The molecular weight excluding hydrogens is 398 g/mol. The van der Waals surface area contributed by atoms with Gasteiger partial charge in [-0.2, -0.15) is 0 Å². The van der Waals surface area contributed by atoms with Gasteiger partial charge in [0.25, 0.3) is 5.91 Å². The summed E-state index contributed by atoms with van der Waals surface area (Å²) >= 11 is 5.94. The number of hydrogen-bond donors (Lipinski definition) is 1. The lowest BCUT2D eigenvalue weighted by Gasteiger charge is -2.15. The maximum absolute atomic E-state index is 12.3. The number of hydrogen-bond acceptors (Lipinski definition) is 6. The highest BCUT2D eigenvalue weighted by Crippen LogP contribution is 2.27. The second-order valence-electron chi connectivity index (χ2n) is 6.09. The van der Waals surface area contributed by atoms with E-state index in [0.29, 0.717) is 35.2 Å². The summed E-state index contributed by atoms with van der Waals surface area (Å²) in [6.45, 7) is 1.85. The molecule has 0 fully saturated rings. The van der Waals surface area contributed by atoms with Gasteiger partial charge in [0.15, 0.2) is 6.10 Å². The molecule has 0 bridgehead atoms. The fourth-order valence-corrected chi connectivity index (χ4v) is 2.57. The molecule has 0 spiro atoms. The smallest absolute Gasteiger partial charge is 0.306 e. The van der Waals surface area contributed by atoms with Crippen molar-refractivity contribution in [2.45, 2.75) is 25.9 Å². The van der Waals surface area contributed by atoms with Crippen LogP contribution in [0.5, 0.6) is 17.2 Å². The molecule has 1 N–H and O–H groups in total. The van der Waals surface area contributed by atoms with Crippen molar-refractivity contribution in [3.63, 3.8) is 0 Å². The van der Waals surface area contributed by atoms with E-state index in [0.717, 1.165) is 5.75 Å². The van der Waals surface area contributed by atoms with Gasteiger partial charge >= 0.3 is 5.97 Å². The maximum atomic E-state index is 12.3. The van der Waals surface area contributed by atoms with Crippen LogP contribution in [0.1, 0.15) is 19.8 Å². The fraction of sp³-hybridized carbons (Fsp3) is 0.333. The first kappa shape index (κ1) is 22.4. The van der Waals surface area contributed by atoms with Crippen molar-refractivity contribution >= 4 is 29.2 Å². The summed E-state index contributed by atoms with van der Waals surface area (Å²) < 4.78 is 21.0. The number of anilines is 1. The van der Waals surface area contributed by atoms with Crippen molar-refractivity contribution in [3.05, 3.63) is 47.5 Å². The Morgan fingerprint density at radius 3 is 2.38 bits per heavy atom. The molecule has 2 rings (SSSR count). The minimum atomic E-state index is -0.964. The minimum absolute atomic E-state index is 0.133. The number of methoxy groups -OCH3 is 2. The Kier molecular flexibility index (Phi) is 8.61. The van der Waals surface area contributed by atoms with Crippen LogP contribution in [0.25, 0.3) is 0 Å². The number of esters is 1. The number of halogens is 1. The number of benzene rings is 2. The van der Waals surface area contributed by atoms with Gasteiger partial charge in [-0.3, -0.25) is 9.59 Å². The lowest BCUT2D eigenvalue weighted by atomic mass is 10.2. The molecule has 0 saturated carbocycles. The van der Waals surface area contributed by atoms with Crippen LogP contribution in [0, 0.1) is 0 Å². The Morgan fingerprint density at radius 2 is 1.72 bits per heavy atom. The molecule has 1 atom stereocenters. The molecule has 29 heavy (non-hydrogen) atoms.